The highest BCUT2D eigenvalue weighted by molar-refractivity contribution is 5.67. The maximum absolute atomic E-state index is 12.2. The Balaban J connectivity index is 2.31. The smallest absolute Gasteiger partial charge is 0.154 e. The molecule has 5 nitrogen and oxygen atoms in total. The number of nitrogens with two attached hydrogens (primary N) is 2. The topological polar surface area (TPSA) is 81.9 Å². The first-order chi connectivity index (χ1) is 6.64. The van der Waals surface area contributed by atoms with E-state index in [-0.39, 0.29) is 6.42 Å². The molecule has 1 atom stereocenters. The fraction of sp³-hybridized carbons (Fsp3) is 0.375. The van der Waals surface area contributed by atoms with Crippen molar-refractivity contribution >= 4 is 17.7 Å². The molecule has 6 heteroatoms. The van der Waals surface area contributed by atoms with E-state index in [1.54, 1.807) is 17.0 Å². The van der Waals surface area contributed by atoms with E-state index in [4.69, 9.17) is 11.5 Å². The number of anilines is 2. The van der Waals surface area contributed by atoms with Gasteiger partial charge in [0.2, 0.25) is 0 Å². The Morgan fingerprint density at radius 2 is 2.43 bits per heavy atom. The number of halogens is 1. The van der Waals surface area contributed by atoms with Gasteiger partial charge >= 0.3 is 0 Å². The third kappa shape index (κ3) is 1.33. The average molecular weight is 197 g/mol. The molecule has 0 amide bonds. The summed E-state index contributed by atoms with van der Waals surface area (Å²) < 4.78 is 13.8. The Morgan fingerprint density at radius 3 is 3.14 bits per heavy atom. The summed E-state index contributed by atoms with van der Waals surface area (Å²) in [6, 6.07) is 0. The quantitative estimate of drug-likeness (QED) is 0.640. The van der Waals surface area contributed by atoms with Crippen molar-refractivity contribution < 1.29 is 4.39 Å². The first-order valence-corrected chi connectivity index (χ1v) is 4.30. The lowest BCUT2D eigenvalue weighted by molar-refractivity contribution is 0.407. The Hall–Kier alpha value is -1.56. The van der Waals surface area contributed by atoms with Gasteiger partial charge in [-0.25, -0.2) is 4.68 Å². The number of hydrogen-bond donors (Lipinski definition) is 3. The lowest BCUT2D eigenvalue weighted by Gasteiger charge is -2.30. The van der Waals surface area contributed by atoms with E-state index in [9.17, 15) is 4.39 Å². The molecule has 2 rings (SSSR count). The zero-order valence-corrected chi connectivity index (χ0v) is 7.57. The highest BCUT2D eigenvalue weighted by Gasteiger charge is 2.27. The number of nitrogens with one attached hydrogen (secondary N) is 1. The molecule has 0 aromatic carbocycles. The van der Waals surface area contributed by atoms with E-state index in [0.29, 0.717) is 11.5 Å². The second-order valence-corrected chi connectivity index (χ2v) is 3.31. The predicted octanol–water partition coefficient (Wildman–Crippen LogP) is 0.376. The minimum absolute atomic E-state index is 0.202. The number of aromatic nitrogens is 2. The van der Waals surface area contributed by atoms with Gasteiger partial charge in [-0.15, -0.1) is 0 Å². The number of hydrogen-bond acceptors (Lipinski definition) is 4. The summed E-state index contributed by atoms with van der Waals surface area (Å²) in [5.74, 6) is 0.614. The van der Waals surface area contributed by atoms with Crippen LogP contribution in [0.25, 0.3) is 6.20 Å². The van der Waals surface area contributed by atoms with Crippen LogP contribution >= 0.6 is 0 Å². The number of nitrogen functional groups attached to an aromatic ring is 1. The standard InChI is InChI=1S/C8H12FN5/c9-3-1-8(11)2-4-14-7(13-8)6(10)5-12-14/h2,4-5,13H,1,3,10-11H2. The van der Waals surface area contributed by atoms with Gasteiger partial charge in [0.1, 0.15) is 5.66 Å². The van der Waals surface area contributed by atoms with Crippen LogP contribution in [0.3, 0.4) is 0 Å². The Morgan fingerprint density at radius 1 is 1.64 bits per heavy atom. The maximum atomic E-state index is 12.2. The van der Waals surface area contributed by atoms with E-state index < -0.39 is 12.3 Å². The van der Waals surface area contributed by atoms with Crippen LogP contribution in [0, 0.1) is 0 Å². The largest absolute Gasteiger partial charge is 0.394 e. The van der Waals surface area contributed by atoms with Gasteiger partial charge in [-0.2, -0.15) is 5.10 Å². The van der Waals surface area contributed by atoms with E-state index in [1.165, 1.54) is 6.20 Å². The number of nitrogens with zero attached hydrogens (tertiary/aromatic N) is 2. The molecule has 5 N–H and O–H groups in total. The summed E-state index contributed by atoms with van der Waals surface area (Å²) in [5.41, 5.74) is 11.2. The van der Waals surface area contributed by atoms with Crippen molar-refractivity contribution in [2.45, 2.75) is 12.1 Å². The molecular weight excluding hydrogens is 185 g/mol. The molecule has 0 saturated carbocycles. The molecule has 0 bridgehead atoms. The molecule has 0 fully saturated rings. The molecule has 1 aromatic heterocycles. The zero-order chi connectivity index (χ0) is 10.2. The van der Waals surface area contributed by atoms with Crippen LogP contribution in [0.4, 0.5) is 15.9 Å². The molecule has 14 heavy (non-hydrogen) atoms. The minimum Gasteiger partial charge on any atom is -0.394 e. The summed E-state index contributed by atoms with van der Waals surface area (Å²) in [7, 11) is 0. The highest BCUT2D eigenvalue weighted by atomic mass is 19.1. The number of alkyl halides is 1. The van der Waals surface area contributed by atoms with Gasteiger partial charge in [-0.3, -0.25) is 4.39 Å². The van der Waals surface area contributed by atoms with Gasteiger partial charge in [-0.1, -0.05) is 0 Å². The van der Waals surface area contributed by atoms with Crippen LogP contribution in [0.15, 0.2) is 12.3 Å². The monoisotopic (exact) mass is 197 g/mol. The average Bonchev–Trinajstić information content (AvgIpc) is 2.48. The molecule has 0 aliphatic carbocycles. The predicted molar refractivity (Wildman–Crippen MR) is 53.1 cm³/mol. The van der Waals surface area contributed by atoms with Crippen LogP contribution in [0.2, 0.25) is 0 Å². The van der Waals surface area contributed by atoms with Crippen molar-refractivity contribution in [3.63, 3.8) is 0 Å². The third-order valence-corrected chi connectivity index (χ3v) is 2.20. The van der Waals surface area contributed by atoms with Gasteiger partial charge < -0.3 is 16.8 Å². The van der Waals surface area contributed by atoms with Crippen molar-refractivity contribution in [1.82, 2.24) is 9.78 Å². The second kappa shape index (κ2) is 2.98. The molecule has 1 aliphatic rings. The van der Waals surface area contributed by atoms with Crippen LogP contribution in [-0.2, 0) is 0 Å². The fourth-order valence-corrected chi connectivity index (χ4v) is 1.39. The number of rotatable bonds is 2. The SMILES string of the molecule is Nc1cnn2c1NC(N)(CCF)C=C2. The maximum Gasteiger partial charge on any atom is 0.154 e. The second-order valence-electron chi connectivity index (χ2n) is 3.31. The molecule has 1 aliphatic heterocycles. The molecule has 0 spiro atoms. The lowest BCUT2D eigenvalue weighted by atomic mass is 10.1. The summed E-state index contributed by atoms with van der Waals surface area (Å²) in [5, 5.41) is 6.92. The van der Waals surface area contributed by atoms with Crippen molar-refractivity contribution in [2.75, 3.05) is 17.7 Å². The van der Waals surface area contributed by atoms with Crippen molar-refractivity contribution in [2.24, 2.45) is 5.73 Å². The van der Waals surface area contributed by atoms with E-state index in [0.717, 1.165) is 0 Å². The molecule has 1 aromatic rings. The van der Waals surface area contributed by atoms with Crippen LogP contribution in [0.1, 0.15) is 6.42 Å². The summed E-state index contributed by atoms with van der Waals surface area (Å²) in [4.78, 5) is 0. The van der Waals surface area contributed by atoms with E-state index >= 15 is 0 Å². The zero-order valence-electron chi connectivity index (χ0n) is 7.57. The molecule has 0 radical (unpaired) electrons. The molecule has 1 unspecified atom stereocenters. The van der Waals surface area contributed by atoms with Gasteiger partial charge in [0.15, 0.2) is 5.82 Å². The molecular formula is C8H12FN5. The number of fused-ring (bicyclic) bond motifs is 1. The van der Waals surface area contributed by atoms with E-state index in [1.807, 2.05) is 0 Å². The van der Waals surface area contributed by atoms with Crippen LogP contribution < -0.4 is 16.8 Å². The third-order valence-electron chi connectivity index (χ3n) is 2.20. The van der Waals surface area contributed by atoms with Crippen molar-refractivity contribution in [3.05, 3.63) is 12.3 Å². The molecule has 76 valence electrons. The Kier molecular flexibility index (Phi) is 1.92. The van der Waals surface area contributed by atoms with Crippen LogP contribution in [-0.4, -0.2) is 22.1 Å². The Labute approximate surface area is 80.6 Å². The lowest BCUT2D eigenvalue weighted by Crippen LogP contribution is -2.48. The highest BCUT2D eigenvalue weighted by Crippen LogP contribution is 2.26. The first-order valence-electron chi connectivity index (χ1n) is 4.30. The summed E-state index contributed by atoms with van der Waals surface area (Å²) in [6.45, 7) is -0.484. The van der Waals surface area contributed by atoms with Crippen molar-refractivity contribution in [1.29, 1.82) is 0 Å². The summed E-state index contributed by atoms with van der Waals surface area (Å²) >= 11 is 0. The molecule has 0 saturated heterocycles. The normalized spacial score (nSPS) is 24.4. The summed E-state index contributed by atoms with van der Waals surface area (Å²) in [6.07, 6.45) is 5.08. The molecule has 2 heterocycles. The Bertz CT molecular complexity index is 372. The van der Waals surface area contributed by atoms with Gasteiger partial charge in [0.25, 0.3) is 0 Å². The first kappa shape index (κ1) is 9.01. The van der Waals surface area contributed by atoms with Crippen LogP contribution in [0.5, 0.6) is 0 Å². The minimum atomic E-state index is -0.862. The van der Waals surface area contributed by atoms with Crippen molar-refractivity contribution in [3.8, 4) is 0 Å². The van der Waals surface area contributed by atoms with Gasteiger partial charge in [0, 0.05) is 12.6 Å². The van der Waals surface area contributed by atoms with E-state index in [2.05, 4.69) is 10.4 Å². The van der Waals surface area contributed by atoms with Gasteiger partial charge in [0.05, 0.1) is 18.6 Å². The fourth-order valence-electron chi connectivity index (χ4n) is 1.39. The van der Waals surface area contributed by atoms with Gasteiger partial charge in [-0.05, 0) is 6.08 Å².